The van der Waals surface area contributed by atoms with Crippen molar-refractivity contribution in [2.45, 2.75) is 19.4 Å². The van der Waals surface area contributed by atoms with Crippen molar-refractivity contribution in [1.29, 1.82) is 0 Å². The standard InChI is InChI=1S/C17H26N2O2/c1-3-17(19-8-11-20-12-9-19)4-2-15(1)13-18-7-5-16-6-10-21-14-16/h1-4,16,18H,5-14H2. The molecule has 1 aromatic rings. The Balaban J connectivity index is 1.39. The third-order valence-corrected chi connectivity index (χ3v) is 4.40. The summed E-state index contributed by atoms with van der Waals surface area (Å²) in [5, 5.41) is 3.54. The van der Waals surface area contributed by atoms with Crippen molar-refractivity contribution >= 4 is 5.69 Å². The molecule has 2 saturated heterocycles. The van der Waals surface area contributed by atoms with Crippen molar-refractivity contribution in [3.63, 3.8) is 0 Å². The molecule has 1 N–H and O–H groups in total. The Morgan fingerprint density at radius 3 is 2.57 bits per heavy atom. The van der Waals surface area contributed by atoms with Crippen molar-refractivity contribution in [2.24, 2.45) is 5.92 Å². The normalized spacial score (nSPS) is 22.7. The van der Waals surface area contributed by atoms with Crippen LogP contribution in [0.1, 0.15) is 18.4 Å². The topological polar surface area (TPSA) is 33.7 Å². The zero-order valence-corrected chi connectivity index (χ0v) is 12.7. The highest BCUT2D eigenvalue weighted by molar-refractivity contribution is 5.47. The zero-order chi connectivity index (χ0) is 14.3. The molecule has 2 heterocycles. The minimum absolute atomic E-state index is 0.765. The van der Waals surface area contributed by atoms with Crippen LogP contribution in [0.3, 0.4) is 0 Å². The van der Waals surface area contributed by atoms with E-state index < -0.39 is 0 Å². The lowest BCUT2D eigenvalue weighted by Crippen LogP contribution is -2.36. The van der Waals surface area contributed by atoms with E-state index in [4.69, 9.17) is 9.47 Å². The SMILES string of the molecule is c1cc(N2CCOCC2)ccc1CNCCC1CCOC1. The minimum Gasteiger partial charge on any atom is -0.381 e. The number of nitrogens with zero attached hydrogens (tertiary/aromatic N) is 1. The number of nitrogens with one attached hydrogen (secondary N) is 1. The van der Waals surface area contributed by atoms with Gasteiger partial charge in [-0.1, -0.05) is 12.1 Å². The number of anilines is 1. The van der Waals surface area contributed by atoms with Gasteiger partial charge in [0.1, 0.15) is 0 Å². The van der Waals surface area contributed by atoms with Crippen LogP contribution in [0, 0.1) is 5.92 Å². The summed E-state index contributed by atoms with van der Waals surface area (Å²) in [4.78, 5) is 2.39. The summed E-state index contributed by atoms with van der Waals surface area (Å²) < 4.78 is 10.8. The van der Waals surface area contributed by atoms with Crippen molar-refractivity contribution in [3.05, 3.63) is 29.8 Å². The van der Waals surface area contributed by atoms with Crippen LogP contribution < -0.4 is 10.2 Å². The highest BCUT2D eigenvalue weighted by Gasteiger charge is 2.14. The first-order chi connectivity index (χ1) is 10.4. The first kappa shape index (κ1) is 14.8. The number of morpholine rings is 1. The molecule has 0 radical (unpaired) electrons. The van der Waals surface area contributed by atoms with Gasteiger partial charge in [0.25, 0.3) is 0 Å². The third kappa shape index (κ3) is 4.43. The number of hydrogen-bond donors (Lipinski definition) is 1. The van der Waals surface area contributed by atoms with Gasteiger partial charge in [-0.3, -0.25) is 0 Å². The molecule has 0 aliphatic carbocycles. The molecule has 2 aliphatic rings. The molecule has 2 aliphatic heterocycles. The molecule has 0 spiro atoms. The van der Waals surface area contributed by atoms with Crippen LogP contribution >= 0.6 is 0 Å². The van der Waals surface area contributed by atoms with Crippen molar-refractivity contribution in [3.8, 4) is 0 Å². The lowest BCUT2D eigenvalue weighted by atomic mass is 10.1. The van der Waals surface area contributed by atoms with Crippen LogP contribution in [0.15, 0.2) is 24.3 Å². The van der Waals surface area contributed by atoms with Crippen molar-refractivity contribution in [1.82, 2.24) is 5.32 Å². The summed E-state index contributed by atoms with van der Waals surface area (Å²) in [6.45, 7) is 7.63. The summed E-state index contributed by atoms with van der Waals surface area (Å²) in [5.74, 6) is 0.765. The molecule has 4 heteroatoms. The highest BCUT2D eigenvalue weighted by Crippen LogP contribution is 2.17. The second-order valence-corrected chi connectivity index (χ2v) is 5.96. The van der Waals surface area contributed by atoms with Gasteiger partial charge in [0.15, 0.2) is 0 Å². The molecule has 4 nitrogen and oxygen atoms in total. The Bertz CT molecular complexity index is 409. The van der Waals surface area contributed by atoms with Gasteiger partial charge in [0.05, 0.1) is 13.2 Å². The molecule has 0 amide bonds. The maximum absolute atomic E-state index is 5.40. The molecule has 0 aromatic heterocycles. The molecular formula is C17H26N2O2. The number of hydrogen-bond acceptors (Lipinski definition) is 4. The quantitative estimate of drug-likeness (QED) is 0.813. The van der Waals surface area contributed by atoms with Crippen LogP contribution in [-0.2, 0) is 16.0 Å². The van der Waals surface area contributed by atoms with E-state index in [1.54, 1.807) is 0 Å². The predicted octanol–water partition coefficient (Wildman–Crippen LogP) is 2.04. The summed E-state index contributed by atoms with van der Waals surface area (Å²) >= 11 is 0. The van der Waals surface area contributed by atoms with E-state index in [2.05, 4.69) is 34.5 Å². The predicted molar refractivity (Wildman–Crippen MR) is 84.7 cm³/mol. The van der Waals surface area contributed by atoms with Crippen LogP contribution in [0.25, 0.3) is 0 Å². The number of rotatable bonds is 6. The molecule has 21 heavy (non-hydrogen) atoms. The van der Waals surface area contributed by atoms with Crippen molar-refractivity contribution in [2.75, 3.05) is 51.0 Å². The molecule has 3 rings (SSSR count). The molecule has 116 valence electrons. The van der Waals surface area contributed by atoms with Crippen molar-refractivity contribution < 1.29 is 9.47 Å². The van der Waals surface area contributed by atoms with E-state index in [0.29, 0.717) is 0 Å². The van der Waals surface area contributed by atoms with Gasteiger partial charge in [-0.25, -0.2) is 0 Å². The van der Waals surface area contributed by atoms with Crippen LogP contribution in [0.2, 0.25) is 0 Å². The minimum atomic E-state index is 0.765. The maximum Gasteiger partial charge on any atom is 0.0642 e. The lowest BCUT2D eigenvalue weighted by Gasteiger charge is -2.28. The average Bonchev–Trinajstić information content (AvgIpc) is 3.06. The summed E-state index contributed by atoms with van der Waals surface area (Å²) in [6.07, 6.45) is 2.46. The first-order valence-electron chi connectivity index (χ1n) is 8.12. The Hall–Kier alpha value is -1.10. The van der Waals surface area contributed by atoms with Gasteiger partial charge < -0.3 is 19.7 Å². The molecule has 2 fully saturated rings. The summed E-state index contributed by atoms with van der Waals surface area (Å²) in [5.41, 5.74) is 2.67. The number of ether oxygens (including phenoxy) is 2. The van der Waals surface area contributed by atoms with E-state index in [0.717, 1.165) is 58.5 Å². The van der Waals surface area contributed by atoms with Gasteiger partial charge in [-0.05, 0) is 43.0 Å². The fourth-order valence-electron chi connectivity index (χ4n) is 3.00. The smallest absolute Gasteiger partial charge is 0.0642 e. The van der Waals surface area contributed by atoms with E-state index in [1.807, 2.05) is 0 Å². The fourth-order valence-corrected chi connectivity index (χ4v) is 3.00. The van der Waals surface area contributed by atoms with E-state index in [1.165, 1.54) is 24.1 Å². The Labute approximate surface area is 127 Å². The van der Waals surface area contributed by atoms with Gasteiger partial charge in [0, 0.05) is 38.5 Å². The van der Waals surface area contributed by atoms with Gasteiger partial charge >= 0.3 is 0 Å². The monoisotopic (exact) mass is 290 g/mol. The van der Waals surface area contributed by atoms with E-state index >= 15 is 0 Å². The number of benzene rings is 1. The van der Waals surface area contributed by atoms with Crippen LogP contribution in [0.4, 0.5) is 5.69 Å². The van der Waals surface area contributed by atoms with E-state index in [9.17, 15) is 0 Å². The molecule has 1 unspecified atom stereocenters. The maximum atomic E-state index is 5.40. The van der Waals surface area contributed by atoms with Crippen LogP contribution in [0.5, 0.6) is 0 Å². The third-order valence-electron chi connectivity index (χ3n) is 4.40. The summed E-state index contributed by atoms with van der Waals surface area (Å²) in [7, 11) is 0. The molecule has 0 saturated carbocycles. The van der Waals surface area contributed by atoms with Gasteiger partial charge in [-0.15, -0.1) is 0 Å². The Morgan fingerprint density at radius 2 is 1.86 bits per heavy atom. The van der Waals surface area contributed by atoms with Gasteiger partial charge in [0.2, 0.25) is 0 Å². The Morgan fingerprint density at radius 1 is 1.05 bits per heavy atom. The molecule has 1 aromatic carbocycles. The first-order valence-corrected chi connectivity index (χ1v) is 8.12. The largest absolute Gasteiger partial charge is 0.381 e. The second-order valence-electron chi connectivity index (χ2n) is 5.96. The van der Waals surface area contributed by atoms with Gasteiger partial charge in [-0.2, -0.15) is 0 Å². The fraction of sp³-hybridized carbons (Fsp3) is 0.647. The molecule has 1 atom stereocenters. The second kappa shape index (κ2) is 7.78. The summed E-state index contributed by atoms with van der Waals surface area (Å²) in [6, 6.07) is 8.92. The average molecular weight is 290 g/mol. The van der Waals surface area contributed by atoms with Crippen LogP contribution in [-0.4, -0.2) is 46.1 Å². The van der Waals surface area contributed by atoms with E-state index in [-0.39, 0.29) is 0 Å². The zero-order valence-electron chi connectivity index (χ0n) is 12.7. The Kier molecular flexibility index (Phi) is 5.49. The molecule has 0 bridgehead atoms. The highest BCUT2D eigenvalue weighted by atomic mass is 16.5. The lowest BCUT2D eigenvalue weighted by molar-refractivity contribution is 0.122. The molecular weight excluding hydrogens is 264 g/mol.